The molecule has 1 fully saturated rings. The lowest BCUT2D eigenvalue weighted by atomic mass is 9.86. The number of aromatic nitrogens is 1. The number of nitrogens with zero attached hydrogens (tertiary/aromatic N) is 1. The van der Waals surface area contributed by atoms with Crippen LogP contribution in [-0.2, 0) is 17.6 Å². The van der Waals surface area contributed by atoms with Crippen LogP contribution in [0.4, 0.5) is 4.39 Å². The van der Waals surface area contributed by atoms with Gasteiger partial charge in [-0.1, -0.05) is 25.3 Å². The second-order valence-electron chi connectivity index (χ2n) is 8.31. The van der Waals surface area contributed by atoms with E-state index in [1.54, 1.807) is 6.07 Å². The zero-order valence-corrected chi connectivity index (χ0v) is 17.5. The number of aromatic hydroxyl groups is 1. The summed E-state index contributed by atoms with van der Waals surface area (Å²) in [7, 11) is 0. The minimum absolute atomic E-state index is 0.119. The second kappa shape index (κ2) is 8.93. The van der Waals surface area contributed by atoms with Crippen LogP contribution < -0.4 is 0 Å². The Bertz CT molecular complexity index is 903. The van der Waals surface area contributed by atoms with E-state index in [9.17, 15) is 14.3 Å². The Labute approximate surface area is 171 Å². The Hall–Kier alpha value is -2.43. The molecule has 1 heterocycles. The SMILES string of the molecule is Cc1cc(CC(F)C(=O)O)c(C)c(C)c1Cc1ccc(O)c(C2CCCCC2)n1. The van der Waals surface area contributed by atoms with Gasteiger partial charge in [0.2, 0.25) is 6.17 Å². The van der Waals surface area contributed by atoms with Gasteiger partial charge in [-0.05, 0) is 73.6 Å². The van der Waals surface area contributed by atoms with E-state index < -0.39 is 12.1 Å². The van der Waals surface area contributed by atoms with Gasteiger partial charge < -0.3 is 10.2 Å². The maximum Gasteiger partial charge on any atom is 0.338 e. The summed E-state index contributed by atoms with van der Waals surface area (Å²) in [5.74, 6) is -0.817. The number of carboxylic acid groups (broad SMARTS) is 1. The van der Waals surface area contributed by atoms with Gasteiger partial charge >= 0.3 is 5.97 Å². The highest BCUT2D eigenvalue weighted by molar-refractivity contribution is 5.72. The standard InChI is InChI=1S/C24H30FNO3/c1-14-11-18(12-21(25)24(28)29)15(2)16(3)20(14)13-19-9-10-22(27)23(26-19)17-7-5-4-6-8-17/h9-11,17,21,27H,4-8,12-13H2,1-3H3,(H,28,29). The average molecular weight is 400 g/mol. The fourth-order valence-electron chi connectivity index (χ4n) is 4.45. The van der Waals surface area contributed by atoms with Crippen molar-refractivity contribution in [2.24, 2.45) is 0 Å². The molecule has 0 amide bonds. The smallest absolute Gasteiger partial charge is 0.338 e. The molecule has 0 saturated heterocycles. The van der Waals surface area contributed by atoms with Gasteiger partial charge in [-0.2, -0.15) is 0 Å². The Morgan fingerprint density at radius 2 is 1.86 bits per heavy atom. The summed E-state index contributed by atoms with van der Waals surface area (Å²) in [4.78, 5) is 15.7. The lowest BCUT2D eigenvalue weighted by Gasteiger charge is -2.22. The van der Waals surface area contributed by atoms with E-state index in [4.69, 9.17) is 10.1 Å². The maximum atomic E-state index is 13.7. The minimum atomic E-state index is -1.89. The first kappa shape index (κ1) is 21.3. The van der Waals surface area contributed by atoms with Crippen LogP contribution >= 0.6 is 0 Å². The first-order valence-electron chi connectivity index (χ1n) is 10.4. The van der Waals surface area contributed by atoms with E-state index in [1.165, 1.54) is 19.3 Å². The quantitative estimate of drug-likeness (QED) is 0.690. The number of halogens is 1. The molecule has 156 valence electrons. The number of alkyl halides is 1. The highest BCUT2D eigenvalue weighted by atomic mass is 19.1. The van der Waals surface area contributed by atoms with Crippen LogP contribution in [0.25, 0.3) is 0 Å². The molecule has 1 aliphatic carbocycles. The van der Waals surface area contributed by atoms with Gasteiger partial charge in [0.25, 0.3) is 0 Å². The molecule has 1 aliphatic rings. The van der Waals surface area contributed by atoms with Crippen molar-refractivity contribution in [1.29, 1.82) is 0 Å². The molecule has 29 heavy (non-hydrogen) atoms. The summed E-state index contributed by atoms with van der Waals surface area (Å²) in [6.07, 6.45) is 4.39. The number of benzene rings is 1. The molecule has 4 nitrogen and oxygen atoms in total. The molecule has 0 radical (unpaired) electrons. The van der Waals surface area contributed by atoms with Crippen LogP contribution in [-0.4, -0.2) is 27.3 Å². The summed E-state index contributed by atoms with van der Waals surface area (Å²) in [6, 6.07) is 5.51. The zero-order valence-electron chi connectivity index (χ0n) is 17.5. The molecule has 1 aromatic heterocycles. The van der Waals surface area contributed by atoms with Crippen LogP contribution in [0.5, 0.6) is 5.75 Å². The number of pyridine rings is 1. The van der Waals surface area contributed by atoms with Crippen molar-refractivity contribution in [1.82, 2.24) is 4.98 Å². The maximum absolute atomic E-state index is 13.7. The Balaban J connectivity index is 1.88. The third kappa shape index (κ3) is 4.77. The normalized spacial score (nSPS) is 16.0. The van der Waals surface area contributed by atoms with E-state index in [1.807, 2.05) is 32.9 Å². The van der Waals surface area contributed by atoms with Crippen molar-refractivity contribution < 1.29 is 19.4 Å². The molecule has 0 spiro atoms. The number of carboxylic acids is 1. The summed E-state index contributed by atoms with van der Waals surface area (Å²) in [5, 5.41) is 19.2. The van der Waals surface area contributed by atoms with E-state index in [-0.39, 0.29) is 12.2 Å². The fourth-order valence-corrected chi connectivity index (χ4v) is 4.45. The molecule has 5 heteroatoms. The van der Waals surface area contributed by atoms with Crippen molar-refractivity contribution in [2.45, 2.75) is 77.8 Å². The van der Waals surface area contributed by atoms with E-state index in [2.05, 4.69) is 0 Å². The fraction of sp³-hybridized carbons (Fsp3) is 0.500. The van der Waals surface area contributed by atoms with Crippen LogP contribution in [0.2, 0.25) is 0 Å². The van der Waals surface area contributed by atoms with Gasteiger partial charge in [-0.15, -0.1) is 0 Å². The summed E-state index contributed by atoms with van der Waals surface area (Å²) in [5.41, 5.74) is 6.58. The van der Waals surface area contributed by atoms with E-state index in [0.717, 1.165) is 52.0 Å². The molecule has 3 rings (SSSR count). The third-order valence-electron chi connectivity index (χ3n) is 6.34. The first-order valence-corrected chi connectivity index (χ1v) is 10.4. The van der Waals surface area contributed by atoms with E-state index >= 15 is 0 Å². The molecule has 0 aliphatic heterocycles. The van der Waals surface area contributed by atoms with Gasteiger partial charge in [0, 0.05) is 24.5 Å². The first-order chi connectivity index (χ1) is 13.8. The molecule has 1 aromatic carbocycles. The second-order valence-corrected chi connectivity index (χ2v) is 8.31. The largest absolute Gasteiger partial charge is 0.506 e. The van der Waals surface area contributed by atoms with Crippen molar-refractivity contribution >= 4 is 5.97 Å². The zero-order chi connectivity index (χ0) is 21.1. The van der Waals surface area contributed by atoms with Crippen molar-refractivity contribution in [2.75, 3.05) is 0 Å². The highest BCUT2D eigenvalue weighted by Crippen LogP contribution is 2.36. The van der Waals surface area contributed by atoms with Gasteiger partial charge in [0.15, 0.2) is 0 Å². The number of hydrogen-bond donors (Lipinski definition) is 2. The molecular weight excluding hydrogens is 369 g/mol. The van der Waals surface area contributed by atoms with Gasteiger partial charge in [0.1, 0.15) is 5.75 Å². The lowest BCUT2D eigenvalue weighted by Crippen LogP contribution is -2.18. The molecular formula is C24H30FNO3. The minimum Gasteiger partial charge on any atom is -0.506 e. The molecule has 2 aromatic rings. The van der Waals surface area contributed by atoms with Crippen LogP contribution in [0.15, 0.2) is 18.2 Å². The average Bonchev–Trinajstić information content (AvgIpc) is 2.71. The number of aliphatic carboxylic acids is 1. The van der Waals surface area contributed by atoms with Crippen LogP contribution in [0.1, 0.15) is 77.2 Å². The van der Waals surface area contributed by atoms with Gasteiger partial charge in [0.05, 0.1) is 5.69 Å². The monoisotopic (exact) mass is 399 g/mol. The number of carbonyl (C=O) groups is 1. The molecule has 2 N–H and O–H groups in total. The Morgan fingerprint density at radius 1 is 1.17 bits per heavy atom. The predicted molar refractivity (Wildman–Crippen MR) is 111 cm³/mol. The Kier molecular flexibility index (Phi) is 6.56. The third-order valence-corrected chi connectivity index (χ3v) is 6.34. The topological polar surface area (TPSA) is 70.4 Å². The number of hydrogen-bond acceptors (Lipinski definition) is 3. The highest BCUT2D eigenvalue weighted by Gasteiger charge is 2.22. The van der Waals surface area contributed by atoms with Crippen molar-refractivity contribution in [3.8, 4) is 5.75 Å². The van der Waals surface area contributed by atoms with Crippen molar-refractivity contribution in [3.05, 3.63) is 57.4 Å². The van der Waals surface area contributed by atoms with Crippen LogP contribution in [0.3, 0.4) is 0 Å². The number of aryl methyl sites for hydroxylation is 1. The molecule has 1 saturated carbocycles. The summed E-state index contributed by atoms with van der Waals surface area (Å²) >= 11 is 0. The van der Waals surface area contributed by atoms with E-state index in [0.29, 0.717) is 12.3 Å². The molecule has 1 atom stereocenters. The summed E-state index contributed by atoms with van der Waals surface area (Å²) < 4.78 is 13.7. The predicted octanol–water partition coefficient (Wildman–Crippen LogP) is 5.32. The lowest BCUT2D eigenvalue weighted by molar-refractivity contribution is -0.142. The van der Waals surface area contributed by atoms with Gasteiger partial charge in [-0.25, -0.2) is 9.18 Å². The summed E-state index contributed by atoms with van der Waals surface area (Å²) in [6.45, 7) is 5.89. The van der Waals surface area contributed by atoms with Crippen LogP contribution in [0, 0.1) is 20.8 Å². The molecule has 1 unspecified atom stereocenters. The Morgan fingerprint density at radius 3 is 2.52 bits per heavy atom. The van der Waals surface area contributed by atoms with Gasteiger partial charge in [-0.3, -0.25) is 4.98 Å². The van der Waals surface area contributed by atoms with Crippen molar-refractivity contribution in [3.63, 3.8) is 0 Å². The molecule has 0 bridgehead atoms. The number of rotatable bonds is 6.